The van der Waals surface area contributed by atoms with Crippen LogP contribution in [0.1, 0.15) is 36.8 Å². The lowest BCUT2D eigenvalue weighted by Crippen LogP contribution is -2.53. The number of guanidine groups is 1. The van der Waals surface area contributed by atoms with Crippen LogP contribution in [0.15, 0.2) is 71.7 Å². The summed E-state index contributed by atoms with van der Waals surface area (Å²) < 4.78 is 0. The Morgan fingerprint density at radius 3 is 1.84 bits per heavy atom. The molecule has 0 unspecified atom stereocenters. The number of carbonyl (C=O) groups is 4. The van der Waals surface area contributed by atoms with Crippen molar-refractivity contribution >= 4 is 35.2 Å². The third kappa shape index (κ3) is 10.2. The van der Waals surface area contributed by atoms with E-state index in [1.807, 2.05) is 60.7 Å². The summed E-state index contributed by atoms with van der Waals surface area (Å²) in [6, 6.07) is 16.5. The molecule has 0 aliphatic carbocycles. The summed E-state index contributed by atoms with van der Waals surface area (Å²) in [6.45, 7) is 0.234. The van der Waals surface area contributed by atoms with Gasteiger partial charge in [-0.05, 0) is 36.0 Å². The zero-order chi connectivity index (χ0) is 27.2. The molecule has 0 spiro atoms. The van der Waals surface area contributed by atoms with Crippen LogP contribution in [-0.2, 0) is 19.2 Å². The van der Waals surface area contributed by atoms with Gasteiger partial charge in [-0.15, -0.1) is 0 Å². The molecule has 0 saturated carbocycles. The van der Waals surface area contributed by atoms with Crippen molar-refractivity contribution in [2.45, 2.75) is 37.8 Å². The number of nitrogens with one attached hydrogen (secondary N) is 2. The Labute approximate surface area is 215 Å². The van der Waals surface area contributed by atoms with Gasteiger partial charge in [-0.1, -0.05) is 60.7 Å². The fourth-order valence-corrected chi connectivity index (χ4v) is 3.53. The van der Waals surface area contributed by atoms with Gasteiger partial charge in [0.15, 0.2) is 5.96 Å². The predicted molar refractivity (Wildman–Crippen MR) is 141 cm³/mol. The van der Waals surface area contributed by atoms with Crippen LogP contribution in [0, 0.1) is 0 Å². The molecule has 0 saturated heterocycles. The minimum atomic E-state index is -1.13. The molecule has 4 amide bonds. The number of aliphatic imine (C=N–C) groups is 1. The van der Waals surface area contributed by atoms with Gasteiger partial charge in [0.05, 0.1) is 0 Å². The molecule has 0 aliphatic heterocycles. The molecule has 0 radical (unpaired) electrons. The summed E-state index contributed by atoms with van der Waals surface area (Å²) in [5, 5.41) is 5.20. The SMILES string of the molecule is NC(=O)CC[C@H](NC(=O)[C@@H](CCCN=C(N)N)NC(=O)C=C(c1ccccc1)c1ccccc1)C(N)=O. The molecule has 11 nitrogen and oxygen atoms in total. The van der Waals surface area contributed by atoms with E-state index in [0.29, 0.717) is 12.0 Å². The highest BCUT2D eigenvalue weighted by atomic mass is 16.2. The van der Waals surface area contributed by atoms with E-state index >= 15 is 0 Å². The van der Waals surface area contributed by atoms with Gasteiger partial charge in [0.1, 0.15) is 12.1 Å². The maximum atomic E-state index is 13.1. The fraction of sp³-hybridized carbons (Fsp3) is 0.269. The first-order valence-corrected chi connectivity index (χ1v) is 11.7. The molecule has 0 fully saturated rings. The van der Waals surface area contributed by atoms with Gasteiger partial charge in [0.2, 0.25) is 23.6 Å². The predicted octanol–water partition coefficient (Wildman–Crippen LogP) is -0.108. The number of amides is 4. The van der Waals surface area contributed by atoms with E-state index < -0.39 is 35.7 Å². The summed E-state index contributed by atoms with van der Waals surface area (Å²) in [6.07, 6.45) is 1.76. The normalized spacial score (nSPS) is 11.9. The van der Waals surface area contributed by atoms with E-state index in [-0.39, 0.29) is 31.8 Å². The Bertz CT molecular complexity index is 1090. The Kier molecular flexibility index (Phi) is 11.3. The number of primary amides is 2. The molecule has 196 valence electrons. The van der Waals surface area contributed by atoms with Gasteiger partial charge in [-0.3, -0.25) is 24.2 Å². The number of carbonyl (C=O) groups excluding carboxylic acids is 4. The number of hydrogen-bond acceptors (Lipinski definition) is 5. The number of nitrogens with two attached hydrogens (primary N) is 4. The fourth-order valence-electron chi connectivity index (χ4n) is 3.53. The van der Waals surface area contributed by atoms with Gasteiger partial charge in [0.25, 0.3) is 0 Å². The van der Waals surface area contributed by atoms with Crippen LogP contribution in [0.3, 0.4) is 0 Å². The van der Waals surface area contributed by atoms with Crippen LogP contribution in [-0.4, -0.2) is 48.2 Å². The molecule has 10 N–H and O–H groups in total. The highest BCUT2D eigenvalue weighted by Gasteiger charge is 2.25. The average molecular weight is 508 g/mol. The van der Waals surface area contributed by atoms with Crippen molar-refractivity contribution in [2.24, 2.45) is 27.9 Å². The zero-order valence-corrected chi connectivity index (χ0v) is 20.4. The molecule has 0 aliphatic rings. The molecule has 0 bridgehead atoms. The Morgan fingerprint density at radius 2 is 1.35 bits per heavy atom. The van der Waals surface area contributed by atoms with Crippen molar-refractivity contribution in [3.05, 3.63) is 77.9 Å². The summed E-state index contributed by atoms with van der Waals surface area (Å²) in [5.41, 5.74) is 23.5. The largest absolute Gasteiger partial charge is 0.370 e. The average Bonchev–Trinajstić information content (AvgIpc) is 2.87. The number of benzene rings is 2. The lowest BCUT2D eigenvalue weighted by atomic mass is 9.97. The maximum Gasteiger partial charge on any atom is 0.245 e. The minimum Gasteiger partial charge on any atom is -0.370 e. The van der Waals surface area contributed by atoms with E-state index in [2.05, 4.69) is 15.6 Å². The van der Waals surface area contributed by atoms with E-state index in [4.69, 9.17) is 22.9 Å². The first kappa shape index (κ1) is 28.6. The second kappa shape index (κ2) is 14.7. The lowest BCUT2D eigenvalue weighted by Gasteiger charge is -2.21. The number of rotatable bonds is 14. The summed E-state index contributed by atoms with van der Waals surface area (Å²) in [4.78, 5) is 52.9. The van der Waals surface area contributed by atoms with Gasteiger partial charge < -0.3 is 33.6 Å². The van der Waals surface area contributed by atoms with Gasteiger partial charge in [-0.25, -0.2) is 0 Å². The number of nitrogens with zero attached hydrogens (tertiary/aromatic N) is 1. The van der Waals surface area contributed by atoms with E-state index in [9.17, 15) is 19.2 Å². The second-order valence-corrected chi connectivity index (χ2v) is 8.27. The van der Waals surface area contributed by atoms with Crippen LogP contribution in [0.2, 0.25) is 0 Å². The standard InChI is InChI=1S/C26H33N7O4/c27-22(34)14-13-20(24(28)36)33-25(37)21(12-7-15-31-26(29)30)32-23(35)16-19(17-8-3-1-4-9-17)18-10-5-2-6-11-18/h1-6,8-11,16,20-21H,7,12-15H2,(H2,27,34)(H2,28,36)(H,32,35)(H,33,37)(H4,29,30,31)/t20-,21+/m0/s1. The van der Waals surface area contributed by atoms with Gasteiger partial charge in [0, 0.05) is 19.0 Å². The molecule has 2 aromatic rings. The van der Waals surface area contributed by atoms with Crippen molar-refractivity contribution < 1.29 is 19.2 Å². The zero-order valence-electron chi connectivity index (χ0n) is 20.4. The molecular weight excluding hydrogens is 474 g/mol. The summed E-state index contributed by atoms with van der Waals surface area (Å²) in [5.74, 6) is -2.71. The second-order valence-electron chi connectivity index (χ2n) is 8.27. The van der Waals surface area contributed by atoms with Crippen molar-refractivity contribution in [1.82, 2.24) is 10.6 Å². The molecule has 2 rings (SSSR count). The topological polar surface area (TPSA) is 209 Å². The lowest BCUT2D eigenvalue weighted by molar-refractivity contribution is -0.130. The molecule has 2 aromatic carbocycles. The molecule has 11 heteroatoms. The van der Waals surface area contributed by atoms with Crippen LogP contribution < -0.4 is 33.6 Å². The first-order chi connectivity index (χ1) is 17.7. The summed E-state index contributed by atoms with van der Waals surface area (Å²) >= 11 is 0. The Hall–Kier alpha value is -4.67. The summed E-state index contributed by atoms with van der Waals surface area (Å²) in [7, 11) is 0. The molecule has 2 atom stereocenters. The smallest absolute Gasteiger partial charge is 0.245 e. The number of hydrogen-bond donors (Lipinski definition) is 6. The highest BCUT2D eigenvalue weighted by molar-refractivity contribution is 6.01. The first-order valence-electron chi connectivity index (χ1n) is 11.7. The van der Waals surface area contributed by atoms with E-state index in [0.717, 1.165) is 11.1 Å². The van der Waals surface area contributed by atoms with Crippen LogP contribution in [0.5, 0.6) is 0 Å². The molecular formula is C26H33N7O4. The molecule has 0 aromatic heterocycles. The van der Waals surface area contributed by atoms with Crippen LogP contribution in [0.4, 0.5) is 0 Å². The van der Waals surface area contributed by atoms with Crippen molar-refractivity contribution in [3.63, 3.8) is 0 Å². The maximum absolute atomic E-state index is 13.1. The molecule has 37 heavy (non-hydrogen) atoms. The van der Waals surface area contributed by atoms with Crippen LogP contribution in [0.25, 0.3) is 5.57 Å². The third-order valence-corrected chi connectivity index (χ3v) is 5.36. The van der Waals surface area contributed by atoms with Gasteiger partial charge in [-0.2, -0.15) is 0 Å². The van der Waals surface area contributed by atoms with Gasteiger partial charge >= 0.3 is 0 Å². The van der Waals surface area contributed by atoms with Crippen molar-refractivity contribution in [2.75, 3.05) is 6.54 Å². The van der Waals surface area contributed by atoms with Crippen molar-refractivity contribution in [1.29, 1.82) is 0 Å². The van der Waals surface area contributed by atoms with Crippen LogP contribution >= 0.6 is 0 Å². The Morgan fingerprint density at radius 1 is 0.784 bits per heavy atom. The molecule has 0 heterocycles. The highest BCUT2D eigenvalue weighted by Crippen LogP contribution is 2.23. The monoisotopic (exact) mass is 507 g/mol. The quantitative estimate of drug-likeness (QED) is 0.0888. The third-order valence-electron chi connectivity index (χ3n) is 5.36. The van der Waals surface area contributed by atoms with E-state index in [1.54, 1.807) is 0 Å². The van der Waals surface area contributed by atoms with Crippen molar-refractivity contribution in [3.8, 4) is 0 Å². The Balaban J connectivity index is 2.27. The minimum absolute atomic E-state index is 0.0584. The van der Waals surface area contributed by atoms with E-state index in [1.165, 1.54) is 6.08 Å².